The summed E-state index contributed by atoms with van der Waals surface area (Å²) in [7, 11) is 0. The van der Waals surface area contributed by atoms with Gasteiger partial charge in [0.2, 0.25) is 0 Å². The van der Waals surface area contributed by atoms with Crippen LogP contribution in [0, 0.1) is 0 Å². The van der Waals surface area contributed by atoms with E-state index < -0.39 is 0 Å². The fourth-order valence-electron chi connectivity index (χ4n) is 4.28. The van der Waals surface area contributed by atoms with Crippen molar-refractivity contribution in [3.63, 3.8) is 0 Å². The van der Waals surface area contributed by atoms with Crippen LogP contribution in [0.15, 0.2) is 42.5 Å². The Morgan fingerprint density at radius 3 is 2.42 bits per heavy atom. The van der Waals surface area contributed by atoms with E-state index in [2.05, 4.69) is 17.0 Å². The fourth-order valence-corrected chi connectivity index (χ4v) is 4.28. The van der Waals surface area contributed by atoms with Crippen molar-refractivity contribution >= 4 is 16.7 Å². The number of hydrogen-bond acceptors (Lipinski definition) is 3. The van der Waals surface area contributed by atoms with E-state index in [1.54, 1.807) is 0 Å². The Morgan fingerprint density at radius 1 is 0.923 bits per heavy atom. The lowest BCUT2D eigenvalue weighted by Crippen LogP contribution is -2.53. The molecule has 4 rings (SSSR count). The summed E-state index contributed by atoms with van der Waals surface area (Å²) in [4.78, 5) is 17.0. The Hall–Kier alpha value is -2.07. The van der Waals surface area contributed by atoms with Gasteiger partial charge in [0.15, 0.2) is 6.61 Å². The third kappa shape index (κ3) is 4.01. The zero-order chi connectivity index (χ0) is 17.8. The molecule has 1 aliphatic carbocycles. The molecule has 1 saturated carbocycles. The molecular formula is C22H28N2O2. The zero-order valence-corrected chi connectivity index (χ0v) is 15.4. The largest absolute Gasteiger partial charge is 0.484 e. The number of amides is 1. The van der Waals surface area contributed by atoms with Crippen LogP contribution in [0.25, 0.3) is 10.8 Å². The van der Waals surface area contributed by atoms with Gasteiger partial charge >= 0.3 is 0 Å². The van der Waals surface area contributed by atoms with Gasteiger partial charge in [0, 0.05) is 32.2 Å². The molecule has 0 spiro atoms. The number of nitrogens with zero attached hydrogens (tertiary/aromatic N) is 2. The molecule has 0 N–H and O–H groups in total. The van der Waals surface area contributed by atoms with Crippen LogP contribution in [-0.2, 0) is 4.79 Å². The van der Waals surface area contributed by atoms with Gasteiger partial charge in [-0.1, -0.05) is 49.6 Å². The molecule has 1 saturated heterocycles. The molecule has 2 aromatic rings. The zero-order valence-electron chi connectivity index (χ0n) is 15.4. The van der Waals surface area contributed by atoms with Gasteiger partial charge in [-0.3, -0.25) is 9.69 Å². The van der Waals surface area contributed by atoms with Crippen molar-refractivity contribution in [2.24, 2.45) is 0 Å². The van der Waals surface area contributed by atoms with E-state index in [9.17, 15) is 4.79 Å². The van der Waals surface area contributed by atoms with Crippen molar-refractivity contribution in [3.05, 3.63) is 42.5 Å². The predicted molar refractivity (Wildman–Crippen MR) is 104 cm³/mol. The van der Waals surface area contributed by atoms with Crippen LogP contribution in [-0.4, -0.2) is 54.5 Å². The summed E-state index contributed by atoms with van der Waals surface area (Å²) >= 11 is 0. The number of hydrogen-bond donors (Lipinski definition) is 0. The SMILES string of the molecule is O=C(COc1ccc2ccccc2c1)N1CCN(C2CCCCC2)CC1. The maximum atomic E-state index is 12.5. The summed E-state index contributed by atoms with van der Waals surface area (Å²) in [5.41, 5.74) is 0. The number of benzene rings is 2. The summed E-state index contributed by atoms with van der Waals surface area (Å²) in [6, 6.07) is 14.9. The highest BCUT2D eigenvalue weighted by molar-refractivity contribution is 5.84. The summed E-state index contributed by atoms with van der Waals surface area (Å²) in [5.74, 6) is 0.861. The lowest BCUT2D eigenvalue weighted by Gasteiger charge is -2.40. The summed E-state index contributed by atoms with van der Waals surface area (Å²) in [6.07, 6.45) is 6.78. The first-order chi connectivity index (χ1) is 12.8. The summed E-state index contributed by atoms with van der Waals surface area (Å²) in [5, 5.41) is 2.32. The number of piperazine rings is 1. The average molecular weight is 352 g/mol. The lowest BCUT2D eigenvalue weighted by atomic mass is 9.94. The fraction of sp³-hybridized carbons (Fsp3) is 0.500. The van der Waals surface area contributed by atoms with E-state index in [0.717, 1.165) is 43.4 Å². The van der Waals surface area contributed by atoms with Crippen LogP contribution in [0.3, 0.4) is 0 Å². The first-order valence-corrected chi connectivity index (χ1v) is 9.93. The van der Waals surface area contributed by atoms with Crippen molar-refractivity contribution in [2.75, 3.05) is 32.8 Å². The smallest absolute Gasteiger partial charge is 0.260 e. The maximum absolute atomic E-state index is 12.5. The molecule has 26 heavy (non-hydrogen) atoms. The van der Waals surface area contributed by atoms with Crippen molar-refractivity contribution in [2.45, 2.75) is 38.1 Å². The van der Waals surface area contributed by atoms with Gasteiger partial charge in [0.05, 0.1) is 0 Å². The lowest BCUT2D eigenvalue weighted by molar-refractivity contribution is -0.135. The van der Waals surface area contributed by atoms with Crippen LogP contribution in [0.2, 0.25) is 0 Å². The van der Waals surface area contributed by atoms with E-state index >= 15 is 0 Å². The van der Waals surface area contributed by atoms with Crippen LogP contribution >= 0.6 is 0 Å². The van der Waals surface area contributed by atoms with Crippen LogP contribution < -0.4 is 4.74 Å². The standard InChI is InChI=1S/C22H28N2O2/c25-22(17-26-21-11-10-18-6-4-5-7-19(18)16-21)24-14-12-23(13-15-24)20-8-2-1-3-9-20/h4-7,10-11,16,20H,1-3,8-9,12-15,17H2. The van der Waals surface area contributed by atoms with Crippen molar-refractivity contribution in [3.8, 4) is 5.75 Å². The molecule has 0 radical (unpaired) electrons. The first kappa shape index (κ1) is 17.3. The van der Waals surface area contributed by atoms with E-state index in [-0.39, 0.29) is 12.5 Å². The molecule has 0 atom stereocenters. The first-order valence-electron chi connectivity index (χ1n) is 9.93. The van der Waals surface area contributed by atoms with Gasteiger partial charge in [-0.25, -0.2) is 0 Å². The molecule has 4 heteroatoms. The molecule has 2 fully saturated rings. The van der Waals surface area contributed by atoms with Gasteiger partial charge < -0.3 is 9.64 Å². The average Bonchev–Trinajstić information content (AvgIpc) is 2.72. The maximum Gasteiger partial charge on any atom is 0.260 e. The highest BCUT2D eigenvalue weighted by Gasteiger charge is 2.27. The highest BCUT2D eigenvalue weighted by atomic mass is 16.5. The molecule has 1 heterocycles. The Morgan fingerprint density at radius 2 is 1.65 bits per heavy atom. The minimum atomic E-state index is 0.0986. The number of fused-ring (bicyclic) bond motifs is 1. The minimum Gasteiger partial charge on any atom is -0.484 e. The second-order valence-electron chi connectivity index (χ2n) is 7.51. The van der Waals surface area contributed by atoms with Gasteiger partial charge in [0.25, 0.3) is 5.91 Å². The third-order valence-electron chi connectivity index (χ3n) is 5.84. The summed E-state index contributed by atoms with van der Waals surface area (Å²) in [6.45, 7) is 3.80. The van der Waals surface area contributed by atoms with E-state index in [1.807, 2.05) is 35.2 Å². The molecule has 1 aliphatic heterocycles. The number of rotatable bonds is 4. The second kappa shape index (κ2) is 8.09. The monoisotopic (exact) mass is 352 g/mol. The topological polar surface area (TPSA) is 32.8 Å². The van der Waals surface area contributed by atoms with Crippen molar-refractivity contribution in [1.29, 1.82) is 0 Å². The Balaban J connectivity index is 1.27. The Kier molecular flexibility index (Phi) is 5.40. The van der Waals surface area contributed by atoms with Crippen LogP contribution in [0.1, 0.15) is 32.1 Å². The minimum absolute atomic E-state index is 0.0986. The molecule has 0 unspecified atom stereocenters. The number of carbonyl (C=O) groups excluding carboxylic acids is 1. The molecule has 138 valence electrons. The predicted octanol–water partition coefficient (Wildman–Crippen LogP) is 3.70. The van der Waals surface area contributed by atoms with Crippen LogP contribution in [0.5, 0.6) is 5.75 Å². The molecule has 2 aliphatic rings. The van der Waals surface area contributed by atoms with E-state index in [1.165, 1.54) is 37.5 Å². The van der Waals surface area contributed by atoms with Crippen LogP contribution in [0.4, 0.5) is 0 Å². The quantitative estimate of drug-likeness (QED) is 0.841. The second-order valence-corrected chi connectivity index (χ2v) is 7.51. The van der Waals surface area contributed by atoms with Gasteiger partial charge in [-0.05, 0) is 35.7 Å². The molecule has 0 aromatic heterocycles. The number of ether oxygens (including phenoxy) is 1. The van der Waals surface area contributed by atoms with Crippen molar-refractivity contribution in [1.82, 2.24) is 9.80 Å². The van der Waals surface area contributed by atoms with Gasteiger partial charge in [-0.2, -0.15) is 0 Å². The molecule has 2 aromatic carbocycles. The summed E-state index contributed by atoms with van der Waals surface area (Å²) < 4.78 is 5.77. The van der Waals surface area contributed by atoms with E-state index in [0.29, 0.717) is 0 Å². The molecular weight excluding hydrogens is 324 g/mol. The van der Waals surface area contributed by atoms with Gasteiger partial charge in [0.1, 0.15) is 5.75 Å². The Bertz CT molecular complexity index is 747. The number of carbonyl (C=O) groups is 1. The van der Waals surface area contributed by atoms with Gasteiger partial charge in [-0.15, -0.1) is 0 Å². The molecule has 0 bridgehead atoms. The normalized spacial score (nSPS) is 19.6. The van der Waals surface area contributed by atoms with E-state index in [4.69, 9.17) is 4.74 Å². The Labute approximate surface area is 155 Å². The third-order valence-corrected chi connectivity index (χ3v) is 5.84. The highest BCUT2D eigenvalue weighted by Crippen LogP contribution is 2.24. The van der Waals surface area contributed by atoms with Crippen molar-refractivity contribution < 1.29 is 9.53 Å². The molecule has 1 amide bonds. The molecule has 4 nitrogen and oxygen atoms in total.